The number of hydrogen-bond donors (Lipinski definition) is 2. The molecule has 0 unspecified atom stereocenters. The van der Waals surface area contributed by atoms with Gasteiger partial charge in [0.2, 0.25) is 11.9 Å². The summed E-state index contributed by atoms with van der Waals surface area (Å²) in [5.41, 5.74) is 5.01. The Morgan fingerprint density at radius 2 is 1.90 bits per heavy atom. The van der Waals surface area contributed by atoms with Crippen molar-refractivity contribution in [1.29, 1.82) is 0 Å². The summed E-state index contributed by atoms with van der Waals surface area (Å²) >= 11 is 0. The summed E-state index contributed by atoms with van der Waals surface area (Å²) in [6, 6.07) is 8.08. The van der Waals surface area contributed by atoms with E-state index in [1.54, 1.807) is 6.21 Å². The van der Waals surface area contributed by atoms with Gasteiger partial charge in [0.1, 0.15) is 5.82 Å². The van der Waals surface area contributed by atoms with Crippen molar-refractivity contribution in [2.75, 3.05) is 30.0 Å². The van der Waals surface area contributed by atoms with Gasteiger partial charge in [0, 0.05) is 42.2 Å². The van der Waals surface area contributed by atoms with Crippen molar-refractivity contribution >= 4 is 29.0 Å². The van der Waals surface area contributed by atoms with E-state index >= 15 is 0 Å². The number of aromatic nitrogens is 4. The molecule has 3 rings (SSSR count). The molecule has 0 amide bonds. The summed E-state index contributed by atoms with van der Waals surface area (Å²) < 4.78 is 0. The van der Waals surface area contributed by atoms with E-state index in [1.165, 1.54) is 0 Å². The summed E-state index contributed by atoms with van der Waals surface area (Å²) in [6.07, 6.45) is 7.88. The molecule has 2 heterocycles. The van der Waals surface area contributed by atoms with Crippen LogP contribution in [0.4, 0.5) is 11.9 Å². The van der Waals surface area contributed by atoms with E-state index in [1.807, 2.05) is 30.5 Å². The van der Waals surface area contributed by atoms with Crippen molar-refractivity contribution in [2.45, 2.75) is 46.0 Å². The summed E-state index contributed by atoms with van der Waals surface area (Å²) in [6.45, 7) is 6.36. The van der Waals surface area contributed by atoms with E-state index in [0.29, 0.717) is 30.7 Å². The first-order valence-corrected chi connectivity index (χ1v) is 10.9. The van der Waals surface area contributed by atoms with Gasteiger partial charge in [0.25, 0.3) is 0 Å². The average molecular weight is 423 g/mol. The Kier molecular flexibility index (Phi) is 8.45. The molecule has 164 valence electrons. The van der Waals surface area contributed by atoms with E-state index in [9.17, 15) is 4.91 Å². The van der Waals surface area contributed by atoms with Crippen molar-refractivity contribution in [3.63, 3.8) is 0 Å². The lowest BCUT2D eigenvalue weighted by atomic mass is 10.2. The number of nitrogens with zero attached hydrogens (tertiary/aromatic N) is 6. The van der Waals surface area contributed by atoms with Crippen molar-refractivity contribution in [2.24, 2.45) is 10.3 Å². The summed E-state index contributed by atoms with van der Waals surface area (Å²) in [5, 5.41) is 8.38. The number of anilines is 2. The molecule has 0 aliphatic rings. The number of nitrogens with one attached hydrogen (secondary N) is 2. The van der Waals surface area contributed by atoms with Crippen molar-refractivity contribution < 1.29 is 0 Å². The van der Waals surface area contributed by atoms with Gasteiger partial charge in [-0.1, -0.05) is 37.2 Å². The summed E-state index contributed by atoms with van der Waals surface area (Å²) in [4.78, 5) is 29.5. The fourth-order valence-corrected chi connectivity index (χ4v) is 3.38. The second-order valence-electron chi connectivity index (χ2n) is 7.33. The number of benzene rings is 1. The van der Waals surface area contributed by atoms with Gasteiger partial charge in [0.05, 0.1) is 12.8 Å². The van der Waals surface area contributed by atoms with Gasteiger partial charge in [-0.2, -0.15) is 25.0 Å². The molecular formula is C22H30N8O. The fourth-order valence-electron chi connectivity index (χ4n) is 3.38. The molecule has 9 nitrogen and oxygen atoms in total. The SMILES string of the molecule is CCCN(CCC)c1nc(CCCCN=O)nc(N/N=C/c2c[nH]c3ccccc23)n1. The lowest BCUT2D eigenvalue weighted by molar-refractivity contribution is 0.686. The molecule has 0 saturated carbocycles. The second kappa shape index (κ2) is 11.7. The Bertz CT molecular complexity index is 994. The van der Waals surface area contributed by atoms with Crippen LogP contribution in [0, 0.1) is 4.91 Å². The Morgan fingerprint density at radius 1 is 1.10 bits per heavy atom. The third-order valence-electron chi connectivity index (χ3n) is 4.83. The first kappa shape index (κ1) is 22.3. The monoisotopic (exact) mass is 422 g/mol. The normalized spacial score (nSPS) is 11.3. The number of aromatic amines is 1. The predicted octanol–water partition coefficient (Wildman–Crippen LogP) is 4.51. The van der Waals surface area contributed by atoms with E-state index < -0.39 is 0 Å². The van der Waals surface area contributed by atoms with Crippen LogP contribution in [-0.2, 0) is 6.42 Å². The number of hydrazone groups is 1. The van der Waals surface area contributed by atoms with Crippen LogP contribution >= 0.6 is 0 Å². The fraction of sp³-hybridized carbons (Fsp3) is 0.455. The van der Waals surface area contributed by atoms with Crippen LogP contribution < -0.4 is 10.3 Å². The van der Waals surface area contributed by atoms with Crippen LogP contribution in [0.2, 0.25) is 0 Å². The van der Waals surface area contributed by atoms with Crippen LogP contribution in [0.3, 0.4) is 0 Å². The summed E-state index contributed by atoms with van der Waals surface area (Å²) in [5.74, 6) is 1.77. The van der Waals surface area contributed by atoms with Gasteiger partial charge in [-0.25, -0.2) is 5.43 Å². The second-order valence-corrected chi connectivity index (χ2v) is 7.33. The molecule has 2 N–H and O–H groups in total. The highest BCUT2D eigenvalue weighted by atomic mass is 16.3. The lowest BCUT2D eigenvalue weighted by Gasteiger charge is -2.22. The molecule has 0 aliphatic heterocycles. The van der Waals surface area contributed by atoms with Gasteiger partial charge < -0.3 is 9.88 Å². The maximum Gasteiger partial charge on any atom is 0.248 e. The standard InChI is InChI=1S/C22H30N8O/c1-3-13-30(14-4-2)22-27-20(11-7-8-12-25-31)26-21(28-22)29-24-16-17-15-23-19-10-6-5-9-18(17)19/h5-6,9-10,15-16,23H,3-4,7-8,11-14H2,1-2H3,(H,26,27,28,29)/b24-16+. The third kappa shape index (κ3) is 6.31. The van der Waals surface area contributed by atoms with Gasteiger partial charge in [0.15, 0.2) is 0 Å². The Morgan fingerprint density at radius 3 is 2.68 bits per heavy atom. The van der Waals surface area contributed by atoms with Crippen LogP contribution in [0.15, 0.2) is 40.7 Å². The number of fused-ring (bicyclic) bond motifs is 1. The molecular weight excluding hydrogens is 392 g/mol. The van der Waals surface area contributed by atoms with E-state index in [-0.39, 0.29) is 0 Å². The number of unbranched alkanes of at least 4 members (excludes halogenated alkanes) is 1. The maximum absolute atomic E-state index is 10.3. The van der Waals surface area contributed by atoms with Gasteiger partial charge in [-0.05, 0) is 31.7 Å². The van der Waals surface area contributed by atoms with Crippen LogP contribution in [0.25, 0.3) is 10.9 Å². The third-order valence-corrected chi connectivity index (χ3v) is 4.83. The van der Waals surface area contributed by atoms with Crippen molar-refractivity contribution in [3.05, 3.63) is 46.8 Å². The van der Waals surface area contributed by atoms with Crippen molar-refractivity contribution in [3.8, 4) is 0 Å². The molecule has 0 aliphatic carbocycles. The molecule has 2 aromatic heterocycles. The first-order chi connectivity index (χ1) is 15.2. The topological polar surface area (TPSA) is 112 Å². The number of H-pyrrole nitrogens is 1. The largest absolute Gasteiger partial charge is 0.361 e. The number of nitroso groups, excluding NO2 is 1. The molecule has 0 fully saturated rings. The van der Waals surface area contributed by atoms with Crippen LogP contribution in [0.1, 0.15) is 50.9 Å². The first-order valence-electron chi connectivity index (χ1n) is 10.9. The highest BCUT2D eigenvalue weighted by Crippen LogP contribution is 2.17. The lowest BCUT2D eigenvalue weighted by Crippen LogP contribution is -2.28. The number of rotatable bonds is 13. The zero-order chi connectivity index (χ0) is 21.9. The molecule has 3 aromatic rings. The highest BCUT2D eigenvalue weighted by molar-refractivity contribution is 5.99. The summed E-state index contributed by atoms with van der Waals surface area (Å²) in [7, 11) is 0. The minimum absolute atomic E-state index is 0.315. The number of hydrogen-bond acceptors (Lipinski definition) is 8. The van der Waals surface area contributed by atoms with E-state index in [2.05, 4.69) is 54.4 Å². The van der Waals surface area contributed by atoms with Gasteiger partial charge >= 0.3 is 0 Å². The molecule has 0 atom stereocenters. The number of aryl methyl sites for hydroxylation is 1. The molecule has 0 bridgehead atoms. The minimum atomic E-state index is 0.315. The quantitative estimate of drug-likeness (QED) is 0.181. The molecule has 9 heteroatoms. The Balaban J connectivity index is 1.79. The van der Waals surface area contributed by atoms with Crippen molar-refractivity contribution in [1.82, 2.24) is 19.9 Å². The van der Waals surface area contributed by atoms with Gasteiger partial charge in [-0.3, -0.25) is 0 Å². The van der Waals surface area contributed by atoms with E-state index in [4.69, 9.17) is 0 Å². The average Bonchev–Trinajstić information content (AvgIpc) is 3.20. The molecule has 1 aromatic carbocycles. The zero-order valence-corrected chi connectivity index (χ0v) is 18.2. The van der Waals surface area contributed by atoms with Crippen LogP contribution in [0.5, 0.6) is 0 Å². The minimum Gasteiger partial charge on any atom is -0.361 e. The molecule has 31 heavy (non-hydrogen) atoms. The smallest absolute Gasteiger partial charge is 0.248 e. The predicted molar refractivity (Wildman–Crippen MR) is 126 cm³/mol. The highest BCUT2D eigenvalue weighted by Gasteiger charge is 2.12. The maximum atomic E-state index is 10.3. The molecule has 0 spiro atoms. The van der Waals surface area contributed by atoms with Gasteiger partial charge in [-0.15, -0.1) is 0 Å². The molecule has 0 radical (unpaired) electrons. The Hall–Kier alpha value is -3.36. The number of para-hydroxylation sites is 1. The molecule has 0 saturated heterocycles. The zero-order valence-electron chi connectivity index (χ0n) is 18.2. The van der Waals surface area contributed by atoms with E-state index in [0.717, 1.165) is 55.2 Å². The van der Waals surface area contributed by atoms with Crippen LogP contribution in [-0.4, -0.2) is 45.8 Å². The Labute approximate surface area is 182 Å².